The molecule has 0 aromatic heterocycles. The smallest absolute Gasteiger partial charge is 0.00161 e. The van der Waals surface area contributed by atoms with E-state index in [-0.39, 0.29) is 0 Å². The molecule has 2 nitrogen and oxygen atoms in total. The lowest BCUT2D eigenvalue weighted by atomic mass is 9.85. The Morgan fingerprint density at radius 3 is 2.73 bits per heavy atom. The second-order valence-corrected chi connectivity index (χ2v) is 5.42. The SMILES string of the molecule is CC(CCN1CCCC1)C1CCCNC1. The third-order valence-electron chi connectivity index (χ3n) is 4.24. The van der Waals surface area contributed by atoms with Crippen LogP contribution in [-0.4, -0.2) is 37.6 Å². The number of likely N-dealkylation sites (tertiary alicyclic amines) is 1. The zero-order valence-electron chi connectivity index (χ0n) is 10.2. The van der Waals surface area contributed by atoms with Crippen molar-refractivity contribution in [2.75, 3.05) is 32.7 Å². The Hall–Kier alpha value is -0.0800. The Morgan fingerprint density at radius 1 is 1.27 bits per heavy atom. The van der Waals surface area contributed by atoms with Crippen molar-refractivity contribution in [3.8, 4) is 0 Å². The highest BCUT2D eigenvalue weighted by molar-refractivity contribution is 4.75. The van der Waals surface area contributed by atoms with Crippen LogP contribution in [0.2, 0.25) is 0 Å². The van der Waals surface area contributed by atoms with E-state index < -0.39 is 0 Å². The van der Waals surface area contributed by atoms with Gasteiger partial charge in [0, 0.05) is 0 Å². The van der Waals surface area contributed by atoms with Crippen molar-refractivity contribution in [3.63, 3.8) is 0 Å². The van der Waals surface area contributed by atoms with Crippen LogP contribution in [-0.2, 0) is 0 Å². The molecule has 0 bridgehead atoms. The van der Waals surface area contributed by atoms with E-state index >= 15 is 0 Å². The fraction of sp³-hybridized carbons (Fsp3) is 1.00. The van der Waals surface area contributed by atoms with Gasteiger partial charge in [0.05, 0.1) is 0 Å². The molecule has 2 rings (SSSR count). The van der Waals surface area contributed by atoms with E-state index in [2.05, 4.69) is 17.1 Å². The molecule has 2 heterocycles. The molecular formula is C13H26N2. The molecule has 0 saturated carbocycles. The Bertz CT molecular complexity index is 169. The van der Waals surface area contributed by atoms with E-state index in [4.69, 9.17) is 0 Å². The maximum atomic E-state index is 3.53. The first kappa shape index (κ1) is 11.4. The molecule has 0 aromatic rings. The molecule has 0 amide bonds. The average Bonchev–Trinajstić information content (AvgIpc) is 2.80. The van der Waals surface area contributed by atoms with Gasteiger partial charge in [-0.1, -0.05) is 6.92 Å². The summed E-state index contributed by atoms with van der Waals surface area (Å²) in [6.45, 7) is 9.02. The first-order valence-corrected chi connectivity index (χ1v) is 6.79. The molecule has 88 valence electrons. The molecule has 0 radical (unpaired) electrons. The number of piperidine rings is 1. The van der Waals surface area contributed by atoms with E-state index in [9.17, 15) is 0 Å². The molecule has 2 heteroatoms. The molecule has 2 atom stereocenters. The van der Waals surface area contributed by atoms with Crippen LogP contribution >= 0.6 is 0 Å². The van der Waals surface area contributed by atoms with E-state index in [1.165, 1.54) is 64.8 Å². The summed E-state index contributed by atoms with van der Waals surface area (Å²) in [5.41, 5.74) is 0. The topological polar surface area (TPSA) is 15.3 Å². The maximum Gasteiger partial charge on any atom is -0.00161 e. The summed E-state index contributed by atoms with van der Waals surface area (Å²) in [5, 5.41) is 3.53. The highest BCUT2D eigenvalue weighted by atomic mass is 15.1. The maximum absolute atomic E-state index is 3.53. The molecule has 0 aliphatic carbocycles. The van der Waals surface area contributed by atoms with Gasteiger partial charge >= 0.3 is 0 Å². The van der Waals surface area contributed by atoms with Crippen molar-refractivity contribution >= 4 is 0 Å². The molecule has 0 spiro atoms. The highest BCUT2D eigenvalue weighted by Crippen LogP contribution is 2.23. The third kappa shape index (κ3) is 3.46. The normalized spacial score (nSPS) is 30.6. The zero-order valence-corrected chi connectivity index (χ0v) is 10.2. The van der Waals surface area contributed by atoms with Gasteiger partial charge in [-0.2, -0.15) is 0 Å². The van der Waals surface area contributed by atoms with Crippen molar-refractivity contribution in [3.05, 3.63) is 0 Å². The van der Waals surface area contributed by atoms with Crippen LogP contribution < -0.4 is 5.32 Å². The average molecular weight is 210 g/mol. The van der Waals surface area contributed by atoms with Gasteiger partial charge in [0.15, 0.2) is 0 Å². The fourth-order valence-corrected chi connectivity index (χ4v) is 2.99. The summed E-state index contributed by atoms with van der Waals surface area (Å²) in [6, 6.07) is 0. The van der Waals surface area contributed by atoms with Crippen LogP contribution in [0.1, 0.15) is 39.0 Å². The van der Waals surface area contributed by atoms with Gasteiger partial charge in [0.2, 0.25) is 0 Å². The number of hydrogen-bond donors (Lipinski definition) is 1. The van der Waals surface area contributed by atoms with Crippen molar-refractivity contribution in [2.24, 2.45) is 11.8 Å². The van der Waals surface area contributed by atoms with Crippen LogP contribution in [0.3, 0.4) is 0 Å². The predicted molar refractivity (Wildman–Crippen MR) is 65.0 cm³/mol. The number of nitrogens with zero attached hydrogens (tertiary/aromatic N) is 1. The zero-order chi connectivity index (χ0) is 10.5. The van der Waals surface area contributed by atoms with Crippen LogP contribution in [0.5, 0.6) is 0 Å². The van der Waals surface area contributed by atoms with E-state index in [1.807, 2.05) is 0 Å². The first-order valence-electron chi connectivity index (χ1n) is 6.79. The number of nitrogens with one attached hydrogen (secondary N) is 1. The van der Waals surface area contributed by atoms with Gasteiger partial charge in [-0.25, -0.2) is 0 Å². The van der Waals surface area contributed by atoms with Crippen molar-refractivity contribution in [1.82, 2.24) is 10.2 Å². The molecular weight excluding hydrogens is 184 g/mol. The van der Waals surface area contributed by atoms with Crippen molar-refractivity contribution in [2.45, 2.75) is 39.0 Å². The number of hydrogen-bond acceptors (Lipinski definition) is 2. The lowest BCUT2D eigenvalue weighted by Gasteiger charge is -2.29. The molecule has 15 heavy (non-hydrogen) atoms. The second-order valence-electron chi connectivity index (χ2n) is 5.42. The van der Waals surface area contributed by atoms with E-state index in [1.54, 1.807) is 0 Å². The summed E-state index contributed by atoms with van der Waals surface area (Å²) in [4.78, 5) is 2.65. The monoisotopic (exact) mass is 210 g/mol. The van der Waals surface area contributed by atoms with Gasteiger partial charge in [-0.3, -0.25) is 0 Å². The number of rotatable bonds is 4. The van der Waals surface area contributed by atoms with Crippen LogP contribution in [0.4, 0.5) is 0 Å². The van der Waals surface area contributed by atoms with Crippen LogP contribution in [0, 0.1) is 11.8 Å². The summed E-state index contributed by atoms with van der Waals surface area (Å²) in [6.07, 6.45) is 7.11. The first-order chi connectivity index (χ1) is 7.36. The Kier molecular flexibility index (Phi) is 4.45. The molecule has 2 saturated heterocycles. The summed E-state index contributed by atoms with van der Waals surface area (Å²) >= 11 is 0. The second kappa shape index (κ2) is 5.86. The molecule has 2 fully saturated rings. The fourth-order valence-electron chi connectivity index (χ4n) is 2.99. The molecule has 2 unspecified atom stereocenters. The van der Waals surface area contributed by atoms with Crippen molar-refractivity contribution < 1.29 is 0 Å². The minimum atomic E-state index is 0.915. The molecule has 2 aliphatic heterocycles. The lowest BCUT2D eigenvalue weighted by molar-refractivity contribution is 0.232. The minimum absolute atomic E-state index is 0.915. The van der Waals surface area contributed by atoms with Gasteiger partial charge in [0.1, 0.15) is 0 Å². The Morgan fingerprint density at radius 2 is 2.07 bits per heavy atom. The lowest BCUT2D eigenvalue weighted by Crippen LogP contribution is -2.34. The molecule has 1 N–H and O–H groups in total. The van der Waals surface area contributed by atoms with Crippen LogP contribution in [0.25, 0.3) is 0 Å². The summed E-state index contributed by atoms with van der Waals surface area (Å²) in [5.74, 6) is 1.86. The summed E-state index contributed by atoms with van der Waals surface area (Å²) < 4.78 is 0. The van der Waals surface area contributed by atoms with E-state index in [0.29, 0.717) is 0 Å². The molecule has 2 aliphatic rings. The molecule has 0 aromatic carbocycles. The minimum Gasteiger partial charge on any atom is -0.316 e. The van der Waals surface area contributed by atoms with Crippen LogP contribution in [0.15, 0.2) is 0 Å². The Balaban J connectivity index is 1.64. The standard InChI is InChI=1S/C13H26N2/c1-12(13-5-4-7-14-11-13)6-10-15-8-2-3-9-15/h12-14H,2-11H2,1H3. The van der Waals surface area contributed by atoms with E-state index in [0.717, 1.165) is 11.8 Å². The van der Waals surface area contributed by atoms with Crippen molar-refractivity contribution in [1.29, 1.82) is 0 Å². The highest BCUT2D eigenvalue weighted by Gasteiger charge is 2.20. The van der Waals surface area contributed by atoms with Gasteiger partial charge < -0.3 is 10.2 Å². The van der Waals surface area contributed by atoms with Gasteiger partial charge in [-0.15, -0.1) is 0 Å². The quantitative estimate of drug-likeness (QED) is 0.764. The third-order valence-corrected chi connectivity index (χ3v) is 4.24. The summed E-state index contributed by atoms with van der Waals surface area (Å²) in [7, 11) is 0. The Labute approximate surface area is 94.4 Å². The predicted octanol–water partition coefficient (Wildman–Crippen LogP) is 2.11. The largest absolute Gasteiger partial charge is 0.316 e. The van der Waals surface area contributed by atoms with Gasteiger partial charge in [-0.05, 0) is 76.7 Å². The van der Waals surface area contributed by atoms with Gasteiger partial charge in [0.25, 0.3) is 0 Å².